The van der Waals surface area contributed by atoms with Crippen molar-refractivity contribution in [2.45, 2.75) is 12.2 Å². The van der Waals surface area contributed by atoms with Gasteiger partial charge in [-0.3, -0.25) is 4.79 Å². The zero-order valence-corrected chi connectivity index (χ0v) is 15.5. The number of benzene rings is 2. The van der Waals surface area contributed by atoms with Crippen molar-refractivity contribution in [3.8, 4) is 0 Å². The van der Waals surface area contributed by atoms with Gasteiger partial charge in [0, 0.05) is 34.4 Å². The monoisotopic (exact) mass is 398 g/mol. The SMILES string of the molecule is O=C1Cc2ccccc2N1CCNS(=O)(=O)Cc1c(Cl)cccc1Cl. The first-order chi connectivity index (χ1) is 11.9. The third-order valence-electron chi connectivity index (χ3n) is 3.98. The number of carbonyl (C=O) groups excluding carboxylic acids is 1. The van der Waals surface area contributed by atoms with Gasteiger partial charge in [-0.05, 0) is 23.8 Å². The Labute approximate surface area is 156 Å². The molecule has 0 fully saturated rings. The predicted octanol–water partition coefficient (Wildman–Crippen LogP) is 3.00. The van der Waals surface area contributed by atoms with E-state index in [1.807, 2.05) is 24.3 Å². The summed E-state index contributed by atoms with van der Waals surface area (Å²) in [5.74, 6) is -0.342. The summed E-state index contributed by atoms with van der Waals surface area (Å²) in [6, 6.07) is 12.3. The number of anilines is 1. The summed E-state index contributed by atoms with van der Waals surface area (Å²) in [7, 11) is -3.62. The summed E-state index contributed by atoms with van der Waals surface area (Å²) in [5, 5.41) is 0.614. The van der Waals surface area contributed by atoms with Gasteiger partial charge in [0.1, 0.15) is 0 Å². The van der Waals surface area contributed by atoms with E-state index in [9.17, 15) is 13.2 Å². The van der Waals surface area contributed by atoms with Crippen molar-refractivity contribution in [3.05, 3.63) is 63.6 Å². The molecule has 0 atom stereocenters. The van der Waals surface area contributed by atoms with Crippen LogP contribution < -0.4 is 9.62 Å². The van der Waals surface area contributed by atoms with E-state index in [-0.39, 0.29) is 24.7 Å². The summed E-state index contributed by atoms with van der Waals surface area (Å²) in [6.45, 7) is 0.385. The Balaban J connectivity index is 1.63. The smallest absolute Gasteiger partial charge is 0.231 e. The van der Waals surface area contributed by atoms with Crippen molar-refractivity contribution in [3.63, 3.8) is 0 Å². The molecular weight excluding hydrogens is 383 g/mol. The third kappa shape index (κ3) is 4.15. The van der Waals surface area contributed by atoms with E-state index in [1.165, 1.54) is 0 Å². The molecule has 3 rings (SSSR count). The number of hydrogen-bond acceptors (Lipinski definition) is 3. The Hall–Kier alpha value is -1.60. The number of amides is 1. The molecule has 1 N–H and O–H groups in total. The molecule has 0 unspecified atom stereocenters. The predicted molar refractivity (Wildman–Crippen MR) is 99.6 cm³/mol. The van der Waals surface area contributed by atoms with Crippen LogP contribution in [0, 0.1) is 0 Å². The Kier molecular flexibility index (Phi) is 5.34. The maximum Gasteiger partial charge on any atom is 0.231 e. The average molecular weight is 399 g/mol. The highest BCUT2D eigenvalue weighted by Gasteiger charge is 2.26. The molecular formula is C17H16Cl2N2O3S. The molecule has 0 radical (unpaired) electrons. The van der Waals surface area contributed by atoms with Gasteiger partial charge in [0.15, 0.2) is 0 Å². The topological polar surface area (TPSA) is 66.5 Å². The van der Waals surface area contributed by atoms with Crippen molar-refractivity contribution in [1.82, 2.24) is 4.72 Å². The molecule has 0 saturated carbocycles. The molecule has 0 aromatic heterocycles. The number of carbonyl (C=O) groups is 1. The maximum atomic E-state index is 12.3. The molecule has 2 aromatic rings. The quantitative estimate of drug-likeness (QED) is 0.812. The zero-order chi connectivity index (χ0) is 18.0. The van der Waals surface area contributed by atoms with Crippen molar-refractivity contribution in [2.75, 3.05) is 18.0 Å². The van der Waals surface area contributed by atoms with Crippen LogP contribution in [-0.2, 0) is 27.0 Å². The fourth-order valence-corrected chi connectivity index (χ4v) is 4.67. The lowest BCUT2D eigenvalue weighted by atomic mass is 10.2. The molecule has 1 amide bonds. The van der Waals surface area contributed by atoms with Crippen molar-refractivity contribution in [1.29, 1.82) is 0 Å². The molecule has 25 heavy (non-hydrogen) atoms. The van der Waals surface area contributed by atoms with Crippen molar-refractivity contribution < 1.29 is 13.2 Å². The molecule has 1 aliphatic rings. The van der Waals surface area contributed by atoms with Crippen LogP contribution in [0.4, 0.5) is 5.69 Å². The van der Waals surface area contributed by atoms with E-state index >= 15 is 0 Å². The Morgan fingerprint density at radius 2 is 1.72 bits per heavy atom. The largest absolute Gasteiger partial charge is 0.311 e. The molecule has 0 bridgehead atoms. The van der Waals surface area contributed by atoms with Crippen molar-refractivity contribution in [2.24, 2.45) is 0 Å². The van der Waals surface area contributed by atoms with E-state index in [1.54, 1.807) is 23.1 Å². The van der Waals surface area contributed by atoms with Gasteiger partial charge in [0.2, 0.25) is 15.9 Å². The van der Waals surface area contributed by atoms with E-state index in [2.05, 4.69) is 4.72 Å². The van der Waals surface area contributed by atoms with Crippen LogP contribution in [0.3, 0.4) is 0 Å². The summed E-state index contributed by atoms with van der Waals surface area (Å²) < 4.78 is 27.0. The second-order valence-corrected chi connectivity index (χ2v) is 8.33. The number of rotatable bonds is 6. The van der Waals surface area contributed by atoms with Gasteiger partial charge in [-0.1, -0.05) is 47.5 Å². The molecule has 1 heterocycles. The second-order valence-electron chi connectivity index (χ2n) is 5.70. The fraction of sp³-hybridized carbons (Fsp3) is 0.235. The lowest BCUT2D eigenvalue weighted by Gasteiger charge is -2.18. The summed E-state index contributed by atoms with van der Waals surface area (Å²) in [4.78, 5) is 13.7. The second kappa shape index (κ2) is 7.33. The van der Waals surface area contributed by atoms with Crippen LogP contribution in [0.15, 0.2) is 42.5 Å². The number of nitrogens with one attached hydrogen (secondary N) is 1. The summed E-state index contributed by atoms with van der Waals surface area (Å²) in [6.07, 6.45) is 0.345. The van der Waals surface area contributed by atoms with E-state index in [4.69, 9.17) is 23.2 Å². The standard InChI is InChI=1S/C17H16Cl2N2O3S/c18-14-5-3-6-15(19)13(14)11-25(23,24)20-8-9-21-16-7-2-1-4-12(16)10-17(21)22/h1-7,20H,8-11H2. The first-order valence-corrected chi connectivity index (χ1v) is 10.1. The van der Waals surface area contributed by atoms with E-state index in [0.717, 1.165) is 11.3 Å². The molecule has 0 saturated heterocycles. The van der Waals surface area contributed by atoms with Gasteiger partial charge in [0.05, 0.1) is 12.2 Å². The zero-order valence-electron chi connectivity index (χ0n) is 13.2. The van der Waals surface area contributed by atoms with E-state index in [0.29, 0.717) is 22.0 Å². The number of para-hydroxylation sites is 1. The number of hydrogen-bond donors (Lipinski definition) is 1. The maximum absolute atomic E-state index is 12.3. The molecule has 0 spiro atoms. The van der Waals surface area contributed by atoms with Crippen LogP contribution in [0.1, 0.15) is 11.1 Å². The molecule has 1 aliphatic heterocycles. The third-order valence-corrected chi connectivity index (χ3v) is 6.00. The highest BCUT2D eigenvalue weighted by Crippen LogP contribution is 2.28. The minimum absolute atomic E-state index is 0.0328. The number of halogens is 2. The molecule has 0 aliphatic carbocycles. The van der Waals surface area contributed by atoms with Crippen LogP contribution in [-0.4, -0.2) is 27.4 Å². The number of sulfonamides is 1. The average Bonchev–Trinajstić information content (AvgIpc) is 2.87. The van der Waals surface area contributed by atoms with E-state index < -0.39 is 10.0 Å². The lowest BCUT2D eigenvalue weighted by molar-refractivity contribution is -0.117. The molecule has 2 aromatic carbocycles. The minimum atomic E-state index is -3.62. The number of fused-ring (bicyclic) bond motifs is 1. The van der Waals surface area contributed by atoms with Gasteiger partial charge in [-0.25, -0.2) is 13.1 Å². The van der Waals surface area contributed by atoms with Gasteiger partial charge in [-0.15, -0.1) is 0 Å². The van der Waals surface area contributed by atoms with Crippen LogP contribution in [0.5, 0.6) is 0 Å². The fourth-order valence-electron chi connectivity index (χ4n) is 2.79. The van der Waals surface area contributed by atoms with Gasteiger partial charge >= 0.3 is 0 Å². The van der Waals surface area contributed by atoms with Gasteiger partial charge in [0.25, 0.3) is 0 Å². The van der Waals surface area contributed by atoms with Crippen LogP contribution in [0.2, 0.25) is 10.0 Å². The lowest BCUT2D eigenvalue weighted by Crippen LogP contribution is -2.37. The van der Waals surface area contributed by atoms with Gasteiger partial charge in [-0.2, -0.15) is 0 Å². The Morgan fingerprint density at radius 1 is 1.04 bits per heavy atom. The minimum Gasteiger partial charge on any atom is -0.311 e. The van der Waals surface area contributed by atoms with Crippen molar-refractivity contribution >= 4 is 44.8 Å². The van der Waals surface area contributed by atoms with Gasteiger partial charge < -0.3 is 4.90 Å². The highest BCUT2D eigenvalue weighted by molar-refractivity contribution is 7.88. The van der Waals surface area contributed by atoms with Crippen LogP contribution in [0.25, 0.3) is 0 Å². The first kappa shape index (κ1) is 18.2. The molecule has 132 valence electrons. The Bertz CT molecular complexity index is 896. The molecule has 5 nitrogen and oxygen atoms in total. The summed E-state index contributed by atoms with van der Waals surface area (Å²) >= 11 is 12.0. The Morgan fingerprint density at radius 3 is 2.44 bits per heavy atom. The summed E-state index contributed by atoms with van der Waals surface area (Å²) in [5.41, 5.74) is 2.15. The van der Waals surface area contributed by atoms with Crippen LogP contribution >= 0.6 is 23.2 Å². The highest BCUT2D eigenvalue weighted by atomic mass is 35.5. The molecule has 8 heteroatoms. The normalized spacial score (nSPS) is 14.0. The number of nitrogens with zero attached hydrogens (tertiary/aromatic N) is 1. The first-order valence-electron chi connectivity index (χ1n) is 7.66.